The molecule has 0 saturated carbocycles. The van der Waals surface area contributed by atoms with E-state index in [4.69, 9.17) is 13.3 Å². The number of hydrogen-bond donors (Lipinski definition) is 0. The molecule has 0 saturated heterocycles. The summed E-state index contributed by atoms with van der Waals surface area (Å²) in [6.45, 7) is 9.52. The van der Waals surface area contributed by atoms with Crippen molar-refractivity contribution in [3.05, 3.63) is 23.3 Å². The van der Waals surface area contributed by atoms with Crippen LogP contribution in [0.1, 0.15) is 64.5 Å². The molecule has 0 atom stereocenters. The molecule has 2 rings (SSSR count). The summed E-state index contributed by atoms with van der Waals surface area (Å²) >= 11 is -0.200. The number of rotatable bonds is 15. The Balaban J connectivity index is 2.37. The van der Waals surface area contributed by atoms with Crippen molar-refractivity contribution in [3.63, 3.8) is 0 Å². The van der Waals surface area contributed by atoms with Crippen LogP contribution in [-0.4, -0.2) is 65.4 Å². The fourth-order valence-corrected chi connectivity index (χ4v) is 19.3. The third kappa shape index (κ3) is 11.1. The quantitative estimate of drug-likeness (QED) is 0.105. The molecule has 0 amide bonds. The molecule has 0 fully saturated rings. The van der Waals surface area contributed by atoms with Crippen LogP contribution in [0.25, 0.3) is 9.75 Å². The summed E-state index contributed by atoms with van der Waals surface area (Å²) in [4.78, 5) is 18.3. The molecular weight excluding hydrogens is 750 g/mol. The van der Waals surface area contributed by atoms with E-state index in [0.717, 1.165) is 38.5 Å². The van der Waals surface area contributed by atoms with Crippen LogP contribution in [0.15, 0.2) is 12.1 Å². The monoisotopic (exact) mass is 802 g/mol. The minimum atomic E-state index is -2.90. The normalized spacial score (nSPS) is 12.2. The Bertz CT molecular complexity index is 1150. The van der Waals surface area contributed by atoms with Gasteiger partial charge in [-0.1, -0.05) is 0 Å². The number of aryl methyl sites for hydroxylation is 2. The Kier molecular flexibility index (Phi) is 15.2. The summed E-state index contributed by atoms with van der Waals surface area (Å²) in [5, 5.41) is 0. The topological polar surface area (TPSA) is 27.7 Å². The molecule has 2 aromatic heterocycles. The van der Waals surface area contributed by atoms with Crippen LogP contribution in [0.5, 0.6) is 0 Å². The van der Waals surface area contributed by atoms with Crippen molar-refractivity contribution in [2.24, 2.45) is 0 Å². The van der Waals surface area contributed by atoms with Gasteiger partial charge in [-0.05, 0) is 0 Å². The fraction of sp³-hybridized carbons (Fsp3) is 0.613. The van der Waals surface area contributed by atoms with E-state index < -0.39 is 45.6 Å². The van der Waals surface area contributed by atoms with E-state index in [-0.39, 0.29) is 0 Å². The van der Waals surface area contributed by atoms with E-state index in [1.165, 1.54) is 10.4 Å². The minimum absolute atomic E-state index is 0.551. The maximum absolute atomic E-state index is 5.91. The molecule has 39 heavy (non-hydrogen) atoms. The second kappa shape index (κ2) is 16.7. The molecule has 8 heteroatoms. The van der Waals surface area contributed by atoms with Gasteiger partial charge in [0.25, 0.3) is 0 Å². The summed E-state index contributed by atoms with van der Waals surface area (Å²) < 4.78 is 21.1. The van der Waals surface area contributed by atoms with Gasteiger partial charge in [-0.15, -0.1) is 0 Å². The van der Waals surface area contributed by atoms with Crippen LogP contribution in [0.3, 0.4) is 0 Å². The molecule has 0 aliphatic heterocycles. The van der Waals surface area contributed by atoms with Crippen LogP contribution in [-0.2, 0) is 26.1 Å². The van der Waals surface area contributed by atoms with Gasteiger partial charge in [-0.2, -0.15) is 0 Å². The molecule has 2 heterocycles. The van der Waals surface area contributed by atoms with Crippen LogP contribution in [0.4, 0.5) is 0 Å². The molecule has 2 aromatic rings. The van der Waals surface area contributed by atoms with Crippen molar-refractivity contribution in [3.8, 4) is 33.1 Å². The van der Waals surface area contributed by atoms with E-state index in [9.17, 15) is 0 Å². The first kappa shape index (κ1) is 35.4. The first-order chi connectivity index (χ1) is 18.4. The van der Waals surface area contributed by atoms with E-state index in [1.807, 2.05) is 27.7 Å². The maximum atomic E-state index is 5.91. The van der Waals surface area contributed by atoms with E-state index >= 15 is 0 Å². The van der Waals surface area contributed by atoms with Crippen LogP contribution < -0.4 is 5.79 Å². The first-order valence-corrected chi connectivity index (χ1v) is 37.8. The van der Waals surface area contributed by atoms with Crippen molar-refractivity contribution in [1.29, 1.82) is 0 Å². The number of unbranched alkanes of at least 4 members (excludes halogenated alkanes) is 2. The van der Waals surface area contributed by atoms with Crippen LogP contribution >= 0.6 is 22.7 Å². The first-order valence-electron chi connectivity index (χ1n) is 14.5. The van der Waals surface area contributed by atoms with Gasteiger partial charge in [0.1, 0.15) is 0 Å². The summed E-state index contributed by atoms with van der Waals surface area (Å²) in [6, 6.07) is 5.14. The molecule has 0 aromatic carbocycles. The Morgan fingerprint density at radius 3 is 1.46 bits per heavy atom. The van der Waals surface area contributed by atoms with E-state index in [1.54, 1.807) is 16.2 Å². The second-order valence-corrected chi connectivity index (χ2v) is 46.9. The predicted octanol–water partition coefficient (Wildman–Crippen LogP) is 7.83. The van der Waals surface area contributed by atoms with Crippen molar-refractivity contribution in [1.82, 2.24) is 0 Å². The van der Waals surface area contributed by atoms with Crippen LogP contribution in [0, 0.1) is 23.3 Å². The molecule has 0 radical (unpaired) electrons. The zero-order valence-corrected chi connectivity index (χ0v) is 34.4. The van der Waals surface area contributed by atoms with E-state index in [2.05, 4.69) is 87.7 Å². The molecule has 216 valence electrons. The van der Waals surface area contributed by atoms with Crippen molar-refractivity contribution in [2.45, 2.75) is 95.9 Å². The van der Waals surface area contributed by atoms with Gasteiger partial charge in [0.15, 0.2) is 0 Å². The Morgan fingerprint density at radius 1 is 0.692 bits per heavy atom. The molecule has 0 aliphatic carbocycles. The zero-order chi connectivity index (χ0) is 29.1. The van der Waals surface area contributed by atoms with Crippen molar-refractivity contribution >= 4 is 74.0 Å². The third-order valence-corrected chi connectivity index (χ3v) is 30.1. The van der Waals surface area contributed by atoms with Crippen molar-refractivity contribution < 1.29 is 13.3 Å². The summed E-state index contributed by atoms with van der Waals surface area (Å²) in [5.74, 6) is 9.70. The van der Waals surface area contributed by atoms with Gasteiger partial charge in [0.05, 0.1) is 0 Å². The van der Waals surface area contributed by atoms with Gasteiger partial charge in [0, 0.05) is 0 Å². The third-order valence-electron chi connectivity index (χ3n) is 6.22. The molecule has 0 N–H and O–H groups in total. The summed E-state index contributed by atoms with van der Waals surface area (Å²) in [7, 11) is -2.90. The van der Waals surface area contributed by atoms with Gasteiger partial charge in [0.2, 0.25) is 0 Å². The van der Waals surface area contributed by atoms with Crippen LogP contribution in [0.2, 0.25) is 29.6 Å². The number of thiophene rings is 2. The second-order valence-electron chi connectivity index (χ2n) is 11.7. The zero-order valence-electron chi connectivity index (χ0n) is 26.1. The average molecular weight is 800 g/mol. The Morgan fingerprint density at radius 2 is 1.10 bits per heavy atom. The summed E-state index contributed by atoms with van der Waals surface area (Å²) in [5.41, 5.74) is 6.37. The van der Waals surface area contributed by atoms with Gasteiger partial charge < -0.3 is 0 Å². The standard InChI is InChI=1S/C25H32O3S2Si.6CH3.2Sn/c1-5-9-10-12-15-22-17-19-29-24(22)25-23(18-20-30-25)16-13-11-14-21-31(26-6-2,27-7-3)28-8-4;;;;;;;;/h17-18H,6-8,10-13,15-16H2,1-4H3;6*1H3;;. The molecule has 0 spiro atoms. The van der Waals surface area contributed by atoms with E-state index in [0.29, 0.717) is 19.8 Å². The molecule has 0 aliphatic rings. The predicted molar refractivity (Wildman–Crippen MR) is 181 cm³/mol. The molecule has 0 unspecified atom stereocenters. The van der Waals surface area contributed by atoms with Gasteiger partial charge >= 0.3 is 259 Å². The molecular formula is C31H50O3S2SiSn2. The average Bonchev–Trinajstić information content (AvgIpc) is 3.46. The van der Waals surface area contributed by atoms with Crippen molar-refractivity contribution in [2.75, 3.05) is 19.8 Å². The fourth-order valence-electron chi connectivity index (χ4n) is 4.19. The summed E-state index contributed by atoms with van der Waals surface area (Å²) in [6.07, 6.45) is 6.15. The van der Waals surface area contributed by atoms with Gasteiger partial charge in [-0.3, -0.25) is 0 Å². The van der Waals surface area contributed by atoms with Gasteiger partial charge in [-0.25, -0.2) is 0 Å². The Labute approximate surface area is 256 Å². The molecule has 3 nitrogen and oxygen atoms in total. The molecule has 0 bridgehead atoms. The SMILES string of the molecule is CC#CCCCc1c[c]([Sn]([CH3])([CH3])[CH3])sc1-c1s[c]([Sn]([CH3])([CH3])[CH3])cc1CCCC#C[Si](OCC)(OCC)OCC. The Hall–Kier alpha value is 0.214. The number of hydrogen-bond acceptors (Lipinski definition) is 5.